The van der Waals surface area contributed by atoms with Gasteiger partial charge in [-0.15, -0.1) is 0 Å². The number of benzene rings is 1. The second-order valence-corrected chi connectivity index (χ2v) is 4.62. The average molecular weight is 282 g/mol. The number of hydrazine groups is 1. The first kappa shape index (κ1) is 16.9. The Morgan fingerprint density at radius 1 is 1.15 bits per heavy atom. The minimum atomic E-state index is -0.453. The monoisotopic (exact) mass is 282 g/mol. The van der Waals surface area contributed by atoms with Crippen LogP contribution >= 0.6 is 0 Å². The van der Waals surface area contributed by atoms with Gasteiger partial charge in [0.05, 0.1) is 7.11 Å². The summed E-state index contributed by atoms with van der Waals surface area (Å²) in [6.07, 6.45) is -0.453. The fraction of sp³-hybridized carbons (Fsp3) is 0.600. The van der Waals surface area contributed by atoms with E-state index in [0.717, 1.165) is 22.4 Å². The summed E-state index contributed by atoms with van der Waals surface area (Å²) in [4.78, 5) is 0. The minimum absolute atomic E-state index is 0.287. The molecule has 0 heterocycles. The van der Waals surface area contributed by atoms with E-state index in [1.165, 1.54) is 0 Å². The maximum absolute atomic E-state index is 5.73. The van der Waals surface area contributed by atoms with E-state index in [-0.39, 0.29) is 6.04 Å². The number of hydrogen-bond acceptors (Lipinski definition) is 5. The van der Waals surface area contributed by atoms with Crippen LogP contribution in [0.15, 0.2) is 12.1 Å². The molecule has 0 aliphatic heterocycles. The predicted octanol–water partition coefficient (Wildman–Crippen LogP) is 2.22. The van der Waals surface area contributed by atoms with E-state index in [2.05, 4.69) is 11.5 Å². The standard InChI is InChI=1S/C15H26N2O3/c1-6-19-15(20-7-2)14(17-16)13-11(4)8-10(3)9-12(13)18-5/h8-9,14-15,17H,6-7,16H2,1-5H3. The van der Waals surface area contributed by atoms with Crippen LogP contribution in [-0.2, 0) is 9.47 Å². The van der Waals surface area contributed by atoms with Gasteiger partial charge in [0.15, 0.2) is 6.29 Å². The molecule has 0 amide bonds. The molecule has 1 unspecified atom stereocenters. The third-order valence-corrected chi connectivity index (χ3v) is 3.14. The fourth-order valence-electron chi connectivity index (χ4n) is 2.37. The van der Waals surface area contributed by atoms with Gasteiger partial charge in [-0.1, -0.05) is 6.07 Å². The quantitative estimate of drug-likeness (QED) is 0.435. The highest BCUT2D eigenvalue weighted by atomic mass is 16.7. The lowest BCUT2D eigenvalue weighted by Gasteiger charge is -2.29. The molecule has 0 fully saturated rings. The molecule has 0 saturated heterocycles. The third-order valence-electron chi connectivity index (χ3n) is 3.14. The highest BCUT2D eigenvalue weighted by Crippen LogP contribution is 2.32. The second kappa shape index (κ2) is 8.21. The van der Waals surface area contributed by atoms with Gasteiger partial charge in [0.25, 0.3) is 0 Å². The summed E-state index contributed by atoms with van der Waals surface area (Å²) in [5, 5.41) is 0. The number of nitrogens with two attached hydrogens (primary N) is 1. The molecule has 0 bridgehead atoms. The Labute approximate surface area is 121 Å². The van der Waals surface area contributed by atoms with Crippen LogP contribution < -0.4 is 16.0 Å². The smallest absolute Gasteiger partial charge is 0.178 e. The predicted molar refractivity (Wildman–Crippen MR) is 79.6 cm³/mol. The van der Waals surface area contributed by atoms with Crippen molar-refractivity contribution in [2.45, 2.75) is 40.0 Å². The topological polar surface area (TPSA) is 65.7 Å². The molecule has 1 aromatic rings. The summed E-state index contributed by atoms with van der Waals surface area (Å²) in [5.41, 5.74) is 5.99. The number of methoxy groups -OCH3 is 1. The lowest BCUT2D eigenvalue weighted by molar-refractivity contribution is -0.155. The van der Waals surface area contributed by atoms with E-state index < -0.39 is 6.29 Å². The molecule has 1 rings (SSSR count). The van der Waals surface area contributed by atoms with Gasteiger partial charge in [-0.3, -0.25) is 5.84 Å². The van der Waals surface area contributed by atoms with Crippen molar-refractivity contribution < 1.29 is 14.2 Å². The Hall–Kier alpha value is -1.14. The Bertz CT molecular complexity index is 418. The van der Waals surface area contributed by atoms with Crippen LogP contribution in [-0.4, -0.2) is 26.6 Å². The number of ether oxygens (including phenoxy) is 3. The van der Waals surface area contributed by atoms with E-state index in [0.29, 0.717) is 13.2 Å². The number of aryl methyl sites for hydroxylation is 2. The number of rotatable bonds is 8. The molecule has 3 N–H and O–H groups in total. The SMILES string of the molecule is CCOC(OCC)C(NN)c1c(C)cc(C)cc1OC. The van der Waals surface area contributed by atoms with Crippen LogP contribution in [0.1, 0.15) is 36.6 Å². The molecule has 0 aliphatic carbocycles. The van der Waals surface area contributed by atoms with Crippen molar-refractivity contribution in [1.82, 2.24) is 5.43 Å². The lowest BCUT2D eigenvalue weighted by atomic mass is 9.97. The van der Waals surface area contributed by atoms with Crippen molar-refractivity contribution in [2.24, 2.45) is 5.84 Å². The highest BCUT2D eigenvalue weighted by molar-refractivity contribution is 5.45. The first-order valence-corrected chi connectivity index (χ1v) is 6.93. The Kier molecular flexibility index (Phi) is 6.95. The molecule has 1 atom stereocenters. The molecule has 0 aliphatic rings. The molecule has 20 heavy (non-hydrogen) atoms. The maximum Gasteiger partial charge on any atom is 0.178 e. The third kappa shape index (κ3) is 3.93. The Morgan fingerprint density at radius 2 is 1.75 bits per heavy atom. The van der Waals surface area contributed by atoms with Gasteiger partial charge in [0, 0.05) is 18.8 Å². The largest absolute Gasteiger partial charge is 0.496 e. The van der Waals surface area contributed by atoms with Crippen molar-refractivity contribution in [3.8, 4) is 5.75 Å². The molecule has 0 saturated carbocycles. The summed E-state index contributed by atoms with van der Waals surface area (Å²) in [6.45, 7) is 9.03. The van der Waals surface area contributed by atoms with Gasteiger partial charge in [-0.2, -0.15) is 0 Å². The van der Waals surface area contributed by atoms with E-state index in [1.807, 2.05) is 33.8 Å². The van der Waals surface area contributed by atoms with Crippen LogP contribution in [0.25, 0.3) is 0 Å². The lowest BCUT2D eigenvalue weighted by Crippen LogP contribution is -2.40. The van der Waals surface area contributed by atoms with Gasteiger partial charge < -0.3 is 14.2 Å². The summed E-state index contributed by atoms with van der Waals surface area (Å²) in [7, 11) is 1.65. The van der Waals surface area contributed by atoms with Crippen molar-refractivity contribution in [3.63, 3.8) is 0 Å². The molecular weight excluding hydrogens is 256 g/mol. The maximum atomic E-state index is 5.73. The summed E-state index contributed by atoms with van der Waals surface area (Å²) < 4.78 is 16.8. The summed E-state index contributed by atoms with van der Waals surface area (Å²) in [5.74, 6) is 6.52. The van der Waals surface area contributed by atoms with Gasteiger partial charge in [0.1, 0.15) is 11.8 Å². The summed E-state index contributed by atoms with van der Waals surface area (Å²) >= 11 is 0. The van der Waals surface area contributed by atoms with Crippen LogP contribution in [0.3, 0.4) is 0 Å². The van der Waals surface area contributed by atoms with Crippen LogP contribution in [0.2, 0.25) is 0 Å². The van der Waals surface area contributed by atoms with Crippen molar-refractivity contribution in [2.75, 3.05) is 20.3 Å². The van der Waals surface area contributed by atoms with Crippen molar-refractivity contribution >= 4 is 0 Å². The van der Waals surface area contributed by atoms with E-state index in [9.17, 15) is 0 Å². The van der Waals surface area contributed by atoms with Gasteiger partial charge >= 0.3 is 0 Å². The number of nitrogens with one attached hydrogen (secondary N) is 1. The molecule has 5 heteroatoms. The molecule has 0 spiro atoms. The molecule has 1 aromatic carbocycles. The fourth-order valence-corrected chi connectivity index (χ4v) is 2.37. The molecule has 114 valence electrons. The zero-order chi connectivity index (χ0) is 15.1. The normalized spacial score (nSPS) is 12.8. The first-order chi connectivity index (χ1) is 9.58. The zero-order valence-corrected chi connectivity index (χ0v) is 13.0. The molecule has 0 aromatic heterocycles. The van der Waals surface area contributed by atoms with Crippen LogP contribution in [0, 0.1) is 13.8 Å². The van der Waals surface area contributed by atoms with E-state index in [4.69, 9.17) is 20.1 Å². The zero-order valence-electron chi connectivity index (χ0n) is 13.0. The second-order valence-electron chi connectivity index (χ2n) is 4.62. The first-order valence-electron chi connectivity index (χ1n) is 6.93. The summed E-state index contributed by atoms with van der Waals surface area (Å²) in [6, 6.07) is 3.80. The van der Waals surface area contributed by atoms with Crippen molar-refractivity contribution in [1.29, 1.82) is 0 Å². The highest BCUT2D eigenvalue weighted by Gasteiger charge is 2.27. The Balaban J connectivity index is 3.22. The van der Waals surface area contributed by atoms with Crippen molar-refractivity contribution in [3.05, 3.63) is 28.8 Å². The molecular formula is C15H26N2O3. The number of hydrogen-bond donors (Lipinski definition) is 2. The average Bonchev–Trinajstić information content (AvgIpc) is 2.41. The van der Waals surface area contributed by atoms with Gasteiger partial charge in [-0.25, -0.2) is 5.43 Å². The molecule has 0 radical (unpaired) electrons. The Morgan fingerprint density at radius 3 is 2.20 bits per heavy atom. The van der Waals surface area contributed by atoms with Crippen LogP contribution in [0.4, 0.5) is 0 Å². The van der Waals surface area contributed by atoms with E-state index >= 15 is 0 Å². The molecule has 5 nitrogen and oxygen atoms in total. The van der Waals surface area contributed by atoms with Gasteiger partial charge in [-0.05, 0) is 44.9 Å². The van der Waals surface area contributed by atoms with Crippen LogP contribution in [0.5, 0.6) is 5.75 Å². The van der Waals surface area contributed by atoms with E-state index in [1.54, 1.807) is 7.11 Å². The van der Waals surface area contributed by atoms with Gasteiger partial charge in [0.2, 0.25) is 0 Å². The minimum Gasteiger partial charge on any atom is -0.496 e.